The number of esters is 1. The fraction of sp³-hybridized carbons (Fsp3) is 0.727. The standard InChI is InChI=1S/C11H18O2/c1-4-6-7-8-9-11(12)13-10(3)5-2/h10H,4-7H2,1-3H3. The molecule has 0 saturated carbocycles. The number of ether oxygens (including phenoxy) is 1. The highest BCUT2D eigenvalue weighted by molar-refractivity contribution is 5.88. The van der Waals surface area contributed by atoms with Crippen LogP contribution in [0, 0.1) is 11.8 Å². The maximum absolute atomic E-state index is 11.0. The van der Waals surface area contributed by atoms with E-state index in [-0.39, 0.29) is 6.10 Å². The summed E-state index contributed by atoms with van der Waals surface area (Å²) in [5, 5.41) is 0. The Hall–Kier alpha value is -0.970. The van der Waals surface area contributed by atoms with Crippen LogP contribution in [-0.2, 0) is 9.53 Å². The van der Waals surface area contributed by atoms with Crippen LogP contribution in [0.15, 0.2) is 0 Å². The van der Waals surface area contributed by atoms with Gasteiger partial charge in [-0.1, -0.05) is 26.2 Å². The van der Waals surface area contributed by atoms with Crippen LogP contribution in [0.4, 0.5) is 0 Å². The molecule has 0 N–H and O–H groups in total. The fourth-order valence-electron chi connectivity index (χ4n) is 0.695. The van der Waals surface area contributed by atoms with Gasteiger partial charge in [0.05, 0.1) is 6.10 Å². The maximum atomic E-state index is 11.0. The Balaban J connectivity index is 3.64. The molecule has 0 rings (SSSR count). The van der Waals surface area contributed by atoms with Gasteiger partial charge in [-0.3, -0.25) is 0 Å². The Morgan fingerprint density at radius 3 is 2.69 bits per heavy atom. The van der Waals surface area contributed by atoms with Crippen LogP contribution < -0.4 is 0 Å². The first-order valence-electron chi connectivity index (χ1n) is 4.90. The van der Waals surface area contributed by atoms with Gasteiger partial charge in [-0.2, -0.15) is 0 Å². The zero-order valence-electron chi connectivity index (χ0n) is 8.72. The van der Waals surface area contributed by atoms with Gasteiger partial charge in [0.25, 0.3) is 0 Å². The lowest BCUT2D eigenvalue weighted by atomic mass is 10.2. The average Bonchev–Trinajstić information content (AvgIpc) is 2.12. The van der Waals surface area contributed by atoms with Gasteiger partial charge in [-0.25, -0.2) is 4.79 Å². The molecule has 0 bridgehead atoms. The van der Waals surface area contributed by atoms with Gasteiger partial charge in [0.1, 0.15) is 0 Å². The minimum atomic E-state index is -0.398. The smallest absolute Gasteiger partial charge is 0.384 e. The van der Waals surface area contributed by atoms with E-state index in [1.165, 1.54) is 0 Å². The first-order valence-corrected chi connectivity index (χ1v) is 4.90. The molecule has 0 aromatic heterocycles. The molecule has 74 valence electrons. The van der Waals surface area contributed by atoms with Gasteiger partial charge >= 0.3 is 5.97 Å². The molecule has 0 amide bonds. The van der Waals surface area contributed by atoms with E-state index in [0.29, 0.717) is 0 Å². The summed E-state index contributed by atoms with van der Waals surface area (Å²) in [7, 11) is 0. The van der Waals surface area contributed by atoms with E-state index in [2.05, 4.69) is 18.8 Å². The molecule has 0 spiro atoms. The molecule has 2 heteroatoms. The van der Waals surface area contributed by atoms with Crippen molar-refractivity contribution in [1.29, 1.82) is 0 Å². The lowest BCUT2D eigenvalue weighted by Crippen LogP contribution is -2.11. The van der Waals surface area contributed by atoms with Gasteiger partial charge in [0.2, 0.25) is 0 Å². The molecule has 1 unspecified atom stereocenters. The number of rotatable bonds is 4. The van der Waals surface area contributed by atoms with Gasteiger partial charge < -0.3 is 4.74 Å². The van der Waals surface area contributed by atoms with E-state index in [1.807, 2.05) is 13.8 Å². The van der Waals surface area contributed by atoms with E-state index in [1.54, 1.807) is 0 Å². The van der Waals surface area contributed by atoms with E-state index >= 15 is 0 Å². The molecule has 0 radical (unpaired) electrons. The molecule has 0 aromatic rings. The normalized spacial score (nSPS) is 11.3. The first-order chi connectivity index (χ1) is 6.20. The van der Waals surface area contributed by atoms with E-state index < -0.39 is 5.97 Å². The third kappa shape index (κ3) is 7.39. The van der Waals surface area contributed by atoms with E-state index in [9.17, 15) is 4.79 Å². The lowest BCUT2D eigenvalue weighted by Gasteiger charge is -2.06. The van der Waals surface area contributed by atoms with Crippen molar-refractivity contribution in [1.82, 2.24) is 0 Å². The molecule has 0 aromatic carbocycles. The second-order valence-electron chi connectivity index (χ2n) is 3.03. The number of carbonyl (C=O) groups excluding carboxylic acids is 1. The largest absolute Gasteiger partial charge is 0.453 e. The summed E-state index contributed by atoms with van der Waals surface area (Å²) in [5.41, 5.74) is 0. The predicted molar refractivity (Wildman–Crippen MR) is 53.1 cm³/mol. The Kier molecular flexibility index (Phi) is 7.10. The third-order valence-electron chi connectivity index (χ3n) is 1.73. The summed E-state index contributed by atoms with van der Waals surface area (Å²) in [6, 6.07) is 0. The number of hydrogen-bond acceptors (Lipinski definition) is 2. The lowest BCUT2D eigenvalue weighted by molar-refractivity contribution is -0.141. The van der Waals surface area contributed by atoms with E-state index in [4.69, 9.17) is 4.74 Å². The minimum absolute atomic E-state index is 0.0204. The Morgan fingerprint density at radius 2 is 2.15 bits per heavy atom. The summed E-state index contributed by atoms with van der Waals surface area (Å²) in [5.74, 6) is 4.86. The van der Waals surface area contributed by atoms with Gasteiger partial charge in [-0.05, 0) is 19.8 Å². The van der Waals surface area contributed by atoms with Crippen molar-refractivity contribution >= 4 is 5.97 Å². The number of carbonyl (C=O) groups is 1. The zero-order valence-corrected chi connectivity index (χ0v) is 8.72. The minimum Gasteiger partial charge on any atom is -0.453 e. The molecule has 2 nitrogen and oxygen atoms in total. The van der Waals surface area contributed by atoms with Crippen LogP contribution in [0.3, 0.4) is 0 Å². The highest BCUT2D eigenvalue weighted by Gasteiger charge is 2.02. The van der Waals surface area contributed by atoms with Crippen LogP contribution >= 0.6 is 0 Å². The Morgan fingerprint density at radius 1 is 1.46 bits per heavy atom. The summed E-state index contributed by atoms with van der Waals surface area (Å²) in [6.07, 6.45) is 3.75. The van der Waals surface area contributed by atoms with Gasteiger partial charge in [0, 0.05) is 12.3 Å². The first kappa shape index (κ1) is 12.0. The Bertz CT molecular complexity index is 198. The zero-order chi connectivity index (χ0) is 10.1. The van der Waals surface area contributed by atoms with Crippen molar-refractivity contribution in [3.63, 3.8) is 0 Å². The van der Waals surface area contributed by atoms with Gasteiger partial charge in [-0.15, -0.1) is 0 Å². The number of unbranched alkanes of at least 4 members (excludes halogenated alkanes) is 2. The fourth-order valence-corrected chi connectivity index (χ4v) is 0.695. The molecule has 0 aliphatic carbocycles. The molecular weight excluding hydrogens is 164 g/mol. The van der Waals surface area contributed by atoms with Crippen LogP contribution in [0.2, 0.25) is 0 Å². The van der Waals surface area contributed by atoms with Crippen LogP contribution in [-0.4, -0.2) is 12.1 Å². The summed E-state index contributed by atoms with van der Waals surface area (Å²) < 4.78 is 4.97. The molecule has 1 atom stereocenters. The molecular formula is C11H18O2. The highest BCUT2D eigenvalue weighted by atomic mass is 16.5. The summed E-state index contributed by atoms with van der Waals surface area (Å²) >= 11 is 0. The van der Waals surface area contributed by atoms with Crippen molar-refractivity contribution in [3.8, 4) is 11.8 Å². The molecule has 13 heavy (non-hydrogen) atoms. The third-order valence-corrected chi connectivity index (χ3v) is 1.73. The monoisotopic (exact) mass is 182 g/mol. The van der Waals surface area contributed by atoms with Gasteiger partial charge in [0.15, 0.2) is 0 Å². The topological polar surface area (TPSA) is 26.3 Å². The van der Waals surface area contributed by atoms with Crippen molar-refractivity contribution in [2.24, 2.45) is 0 Å². The highest BCUT2D eigenvalue weighted by Crippen LogP contribution is 1.96. The van der Waals surface area contributed by atoms with Crippen LogP contribution in [0.1, 0.15) is 46.5 Å². The predicted octanol–water partition coefficient (Wildman–Crippen LogP) is 2.52. The van der Waals surface area contributed by atoms with Crippen molar-refractivity contribution in [3.05, 3.63) is 0 Å². The SMILES string of the molecule is CCCCC#CC(=O)OC(C)CC. The second kappa shape index (κ2) is 7.67. The van der Waals surface area contributed by atoms with E-state index in [0.717, 1.165) is 25.7 Å². The maximum Gasteiger partial charge on any atom is 0.384 e. The van der Waals surface area contributed by atoms with Crippen molar-refractivity contribution < 1.29 is 9.53 Å². The molecule has 0 heterocycles. The molecule has 0 aliphatic heterocycles. The second-order valence-corrected chi connectivity index (χ2v) is 3.03. The Labute approximate surface area is 80.7 Å². The quantitative estimate of drug-likeness (QED) is 0.289. The summed E-state index contributed by atoms with van der Waals surface area (Å²) in [6.45, 7) is 5.94. The number of hydrogen-bond donors (Lipinski definition) is 0. The van der Waals surface area contributed by atoms with Crippen LogP contribution in [0.5, 0.6) is 0 Å². The molecule has 0 saturated heterocycles. The van der Waals surface area contributed by atoms with Crippen LogP contribution in [0.25, 0.3) is 0 Å². The summed E-state index contributed by atoms with van der Waals surface area (Å²) in [4.78, 5) is 11.0. The van der Waals surface area contributed by atoms with Crippen molar-refractivity contribution in [2.45, 2.75) is 52.6 Å². The molecule has 0 fully saturated rings. The van der Waals surface area contributed by atoms with Crippen molar-refractivity contribution in [2.75, 3.05) is 0 Å². The molecule has 0 aliphatic rings. The average molecular weight is 182 g/mol.